The third kappa shape index (κ3) is 2.05. The lowest BCUT2D eigenvalue weighted by molar-refractivity contribution is 0.623. The van der Waals surface area contributed by atoms with Gasteiger partial charge in [0.05, 0.1) is 17.2 Å². The molecule has 3 heteroatoms. The molecule has 112 valence electrons. The van der Waals surface area contributed by atoms with Crippen molar-refractivity contribution in [2.24, 2.45) is 0 Å². The number of allylic oxidation sites excluding steroid dienone is 2. The van der Waals surface area contributed by atoms with Crippen molar-refractivity contribution in [2.45, 2.75) is 0 Å². The summed E-state index contributed by atoms with van der Waals surface area (Å²) in [6, 6.07) is 16.0. The van der Waals surface area contributed by atoms with Crippen LogP contribution in [-0.4, -0.2) is 4.98 Å². The fourth-order valence-corrected chi connectivity index (χ4v) is 3.23. The molecule has 0 spiro atoms. The monoisotopic (exact) mass is 328 g/mol. The van der Waals surface area contributed by atoms with E-state index in [1.807, 2.05) is 54.6 Å². The maximum absolute atomic E-state index is 6.14. The molecule has 4 aromatic rings. The zero-order chi connectivity index (χ0) is 16.1. The zero-order valence-corrected chi connectivity index (χ0v) is 13.3. The van der Waals surface area contributed by atoms with Crippen molar-refractivity contribution in [2.75, 3.05) is 0 Å². The van der Waals surface area contributed by atoms with Crippen molar-refractivity contribution < 1.29 is 4.42 Å². The van der Waals surface area contributed by atoms with Gasteiger partial charge in [0, 0.05) is 28.1 Å². The number of rotatable bonds is 1. The van der Waals surface area contributed by atoms with E-state index in [9.17, 15) is 0 Å². The number of benzene rings is 3. The van der Waals surface area contributed by atoms with Gasteiger partial charge in [-0.25, -0.2) is 4.98 Å². The van der Waals surface area contributed by atoms with E-state index in [-0.39, 0.29) is 0 Å². The van der Waals surface area contributed by atoms with E-state index in [1.54, 1.807) is 0 Å². The smallest absolute Gasteiger partial charge is 0.227 e. The number of hydrogen-bond donors (Lipinski definition) is 0. The quantitative estimate of drug-likeness (QED) is 0.392. The lowest BCUT2D eigenvalue weighted by atomic mass is 10.0. The number of nitrogens with zero attached hydrogens (tertiary/aromatic N) is 1. The standard InChI is InChI=1S/C21H11ClNO/c22-17-9-7-14-8-10-19-20(18(14)12-17)24-21(23-19)16-6-5-13-3-1-2-4-15(13)11-16/h2-12H/q+1. The second kappa shape index (κ2) is 5.04. The Morgan fingerprint density at radius 1 is 0.958 bits per heavy atom. The van der Waals surface area contributed by atoms with Crippen LogP contribution in [0.1, 0.15) is 11.1 Å². The van der Waals surface area contributed by atoms with Crippen molar-refractivity contribution in [1.29, 1.82) is 0 Å². The third-order valence-electron chi connectivity index (χ3n) is 4.27. The highest BCUT2D eigenvalue weighted by Crippen LogP contribution is 2.32. The molecule has 0 amide bonds. The number of aromatic nitrogens is 1. The minimum atomic E-state index is 0.618. The summed E-state index contributed by atoms with van der Waals surface area (Å²) in [4.78, 5) is 4.65. The van der Waals surface area contributed by atoms with Gasteiger partial charge >= 0.3 is 0 Å². The maximum Gasteiger partial charge on any atom is 0.227 e. The molecule has 1 heterocycles. The Morgan fingerprint density at radius 3 is 2.83 bits per heavy atom. The SMILES string of the molecule is Clc1ccc2ccc3nc(-c4ccc5c(c4)C=C[C+]=C5)oc3c2c1. The van der Waals surface area contributed by atoms with Crippen LogP contribution in [0.5, 0.6) is 0 Å². The maximum atomic E-state index is 6.14. The van der Waals surface area contributed by atoms with E-state index >= 15 is 0 Å². The van der Waals surface area contributed by atoms with Crippen molar-refractivity contribution in [3.63, 3.8) is 0 Å². The van der Waals surface area contributed by atoms with Gasteiger partial charge in [0.1, 0.15) is 17.7 Å². The average Bonchev–Trinajstić information content (AvgIpc) is 3.06. The Balaban J connectivity index is 1.73. The summed E-state index contributed by atoms with van der Waals surface area (Å²) in [5.41, 5.74) is 4.85. The first kappa shape index (κ1) is 13.5. The van der Waals surface area contributed by atoms with Gasteiger partial charge < -0.3 is 4.42 Å². The molecule has 0 saturated heterocycles. The van der Waals surface area contributed by atoms with Gasteiger partial charge in [-0.2, -0.15) is 0 Å². The normalized spacial score (nSPS) is 12.5. The lowest BCUT2D eigenvalue weighted by Crippen LogP contribution is -1.86. The van der Waals surface area contributed by atoms with Crippen molar-refractivity contribution >= 4 is 45.6 Å². The van der Waals surface area contributed by atoms with Crippen LogP contribution in [0.2, 0.25) is 5.02 Å². The molecule has 0 N–H and O–H groups in total. The Hall–Kier alpha value is -2.93. The molecule has 0 aliphatic heterocycles. The Kier molecular flexibility index (Phi) is 2.83. The van der Waals surface area contributed by atoms with Crippen molar-refractivity contribution in [3.05, 3.63) is 76.8 Å². The first-order valence-electron chi connectivity index (χ1n) is 7.67. The van der Waals surface area contributed by atoms with E-state index < -0.39 is 0 Å². The number of halogens is 1. The van der Waals surface area contributed by atoms with Crippen LogP contribution in [0.25, 0.3) is 45.5 Å². The Morgan fingerprint density at radius 2 is 1.88 bits per heavy atom. The highest BCUT2D eigenvalue weighted by molar-refractivity contribution is 6.31. The van der Waals surface area contributed by atoms with Gasteiger partial charge in [-0.3, -0.25) is 0 Å². The predicted molar refractivity (Wildman–Crippen MR) is 98.7 cm³/mol. The Bertz CT molecular complexity index is 1170. The summed E-state index contributed by atoms with van der Waals surface area (Å²) in [6.45, 7) is 0. The highest BCUT2D eigenvalue weighted by Gasteiger charge is 2.15. The first-order valence-corrected chi connectivity index (χ1v) is 8.05. The highest BCUT2D eigenvalue weighted by atomic mass is 35.5. The van der Waals surface area contributed by atoms with Crippen molar-refractivity contribution in [1.82, 2.24) is 4.98 Å². The molecule has 1 aliphatic rings. The molecule has 0 unspecified atom stereocenters. The van der Waals surface area contributed by atoms with Gasteiger partial charge in [0.2, 0.25) is 5.89 Å². The minimum absolute atomic E-state index is 0.618. The van der Waals surface area contributed by atoms with Gasteiger partial charge in [-0.15, -0.1) is 0 Å². The summed E-state index contributed by atoms with van der Waals surface area (Å²) in [5.74, 6) is 0.618. The fourth-order valence-electron chi connectivity index (χ4n) is 3.06. The molecule has 1 aromatic heterocycles. The molecule has 3 aromatic carbocycles. The average molecular weight is 329 g/mol. The van der Waals surface area contributed by atoms with Crippen LogP contribution >= 0.6 is 11.6 Å². The number of fused-ring (bicyclic) bond motifs is 4. The van der Waals surface area contributed by atoms with Gasteiger partial charge in [-0.1, -0.05) is 23.7 Å². The van der Waals surface area contributed by atoms with Crippen LogP contribution < -0.4 is 0 Å². The second-order valence-electron chi connectivity index (χ2n) is 5.79. The van der Waals surface area contributed by atoms with Crippen LogP contribution in [0.3, 0.4) is 0 Å². The van der Waals surface area contributed by atoms with Crippen molar-refractivity contribution in [3.8, 4) is 11.5 Å². The van der Waals surface area contributed by atoms with E-state index in [0.717, 1.165) is 38.6 Å². The lowest BCUT2D eigenvalue weighted by Gasteiger charge is -1.99. The summed E-state index contributed by atoms with van der Waals surface area (Å²) in [6.07, 6.45) is 9.01. The van der Waals surface area contributed by atoms with Gasteiger partial charge in [-0.05, 0) is 35.7 Å². The van der Waals surface area contributed by atoms with Crippen LogP contribution in [-0.2, 0) is 0 Å². The second-order valence-corrected chi connectivity index (χ2v) is 6.22. The minimum Gasteiger partial charge on any atom is -0.435 e. The fraction of sp³-hybridized carbons (Fsp3) is 0. The molecular formula is C21H11ClNO+. The summed E-state index contributed by atoms with van der Waals surface area (Å²) < 4.78 is 6.09. The largest absolute Gasteiger partial charge is 0.435 e. The van der Waals surface area contributed by atoms with E-state index in [2.05, 4.69) is 23.2 Å². The number of hydrogen-bond acceptors (Lipinski definition) is 2. The first-order chi connectivity index (χ1) is 11.8. The molecule has 0 fully saturated rings. The van der Waals surface area contributed by atoms with Crippen LogP contribution in [0, 0.1) is 6.08 Å². The molecule has 0 saturated carbocycles. The molecule has 0 atom stereocenters. The molecule has 5 rings (SSSR count). The zero-order valence-electron chi connectivity index (χ0n) is 12.6. The molecule has 0 bridgehead atoms. The molecule has 24 heavy (non-hydrogen) atoms. The summed E-state index contributed by atoms with van der Waals surface area (Å²) in [5, 5.41) is 2.76. The van der Waals surface area contributed by atoms with Crippen LogP contribution in [0.15, 0.2) is 59.0 Å². The third-order valence-corrected chi connectivity index (χ3v) is 4.50. The summed E-state index contributed by atoms with van der Waals surface area (Å²) >= 11 is 6.14. The van der Waals surface area contributed by atoms with Crippen LogP contribution in [0.4, 0.5) is 0 Å². The molecular weight excluding hydrogens is 318 g/mol. The van der Waals surface area contributed by atoms with E-state index in [1.165, 1.54) is 0 Å². The summed E-state index contributed by atoms with van der Waals surface area (Å²) in [7, 11) is 0. The van der Waals surface area contributed by atoms with Gasteiger partial charge in [0.25, 0.3) is 0 Å². The predicted octanol–water partition coefficient (Wildman–Crippen LogP) is 6.14. The van der Waals surface area contributed by atoms with Gasteiger partial charge in [0.15, 0.2) is 5.58 Å². The topological polar surface area (TPSA) is 26.0 Å². The molecule has 0 radical (unpaired) electrons. The molecule has 2 nitrogen and oxygen atoms in total. The Labute approximate surface area is 143 Å². The van der Waals surface area contributed by atoms with E-state index in [4.69, 9.17) is 16.0 Å². The number of oxazole rings is 1. The molecule has 1 aliphatic carbocycles. The van der Waals surface area contributed by atoms with E-state index in [0.29, 0.717) is 10.9 Å².